The van der Waals surface area contributed by atoms with Gasteiger partial charge in [-0.05, 0) is 6.92 Å². The number of carboxylic acid groups (broad SMARTS) is 1. The summed E-state index contributed by atoms with van der Waals surface area (Å²) in [7, 11) is 0. The van der Waals surface area contributed by atoms with Gasteiger partial charge >= 0.3 is 5.97 Å². The first kappa shape index (κ1) is 9.97. The highest BCUT2D eigenvalue weighted by atomic mass is 16.5. The molecule has 0 saturated carbocycles. The highest BCUT2D eigenvalue weighted by Gasteiger charge is 2.21. The van der Waals surface area contributed by atoms with E-state index < -0.39 is 5.97 Å². The topological polar surface area (TPSA) is 75.8 Å². The highest BCUT2D eigenvalue weighted by molar-refractivity contribution is 5.85. The Kier molecular flexibility index (Phi) is 2.59. The van der Waals surface area contributed by atoms with E-state index in [1.54, 1.807) is 6.92 Å². The molecule has 0 aliphatic carbocycles. The lowest BCUT2D eigenvalue weighted by Gasteiger charge is -2.24. The Morgan fingerprint density at radius 3 is 2.67 bits per heavy atom. The molecule has 0 amide bonds. The average Bonchev–Trinajstić information content (AvgIpc) is 2.62. The number of hydrogen-bond donors (Lipinski definition) is 1. The Balaban J connectivity index is 2.21. The van der Waals surface area contributed by atoms with Gasteiger partial charge < -0.3 is 19.2 Å². The predicted octanol–water partition coefficient (Wildman–Crippen LogP) is 0.518. The molecule has 15 heavy (non-hydrogen) atoms. The quantitative estimate of drug-likeness (QED) is 0.770. The minimum Gasteiger partial charge on any atom is -0.475 e. The van der Waals surface area contributed by atoms with Crippen molar-refractivity contribution in [3.05, 3.63) is 11.5 Å². The summed E-state index contributed by atoms with van der Waals surface area (Å²) in [5, 5.41) is 8.80. The van der Waals surface area contributed by atoms with Crippen molar-refractivity contribution in [2.75, 3.05) is 31.2 Å². The summed E-state index contributed by atoms with van der Waals surface area (Å²) in [5.41, 5.74) is 0.406. The molecule has 0 spiro atoms. The van der Waals surface area contributed by atoms with Crippen LogP contribution in [-0.2, 0) is 4.74 Å². The molecule has 0 aromatic carbocycles. The van der Waals surface area contributed by atoms with Crippen LogP contribution in [-0.4, -0.2) is 42.4 Å². The summed E-state index contributed by atoms with van der Waals surface area (Å²) in [6.45, 7) is 4.21. The fourth-order valence-electron chi connectivity index (χ4n) is 1.47. The van der Waals surface area contributed by atoms with Crippen molar-refractivity contribution < 1.29 is 19.1 Å². The van der Waals surface area contributed by atoms with E-state index in [0.717, 1.165) is 0 Å². The summed E-state index contributed by atoms with van der Waals surface area (Å²) in [4.78, 5) is 16.7. The third-order valence-corrected chi connectivity index (χ3v) is 2.26. The van der Waals surface area contributed by atoms with Crippen molar-refractivity contribution in [3.8, 4) is 0 Å². The van der Waals surface area contributed by atoms with Crippen LogP contribution in [0.25, 0.3) is 0 Å². The van der Waals surface area contributed by atoms with Gasteiger partial charge in [0, 0.05) is 13.1 Å². The van der Waals surface area contributed by atoms with Crippen LogP contribution in [0.5, 0.6) is 0 Å². The number of aromatic nitrogens is 1. The Bertz CT molecular complexity index is 368. The Morgan fingerprint density at radius 2 is 2.13 bits per heavy atom. The van der Waals surface area contributed by atoms with Crippen LogP contribution in [0.15, 0.2) is 4.42 Å². The molecule has 1 aromatic rings. The number of morpholine rings is 1. The molecular formula is C9H12N2O4. The molecule has 1 aliphatic heterocycles. The fourth-order valence-corrected chi connectivity index (χ4v) is 1.47. The van der Waals surface area contributed by atoms with Crippen molar-refractivity contribution in [1.29, 1.82) is 0 Å². The van der Waals surface area contributed by atoms with E-state index in [1.165, 1.54) is 0 Å². The summed E-state index contributed by atoms with van der Waals surface area (Å²) in [6, 6.07) is 0.369. The van der Waals surface area contributed by atoms with Crippen LogP contribution in [0.3, 0.4) is 0 Å². The van der Waals surface area contributed by atoms with Gasteiger partial charge in [0.2, 0.25) is 5.76 Å². The van der Waals surface area contributed by atoms with E-state index in [2.05, 4.69) is 4.98 Å². The van der Waals surface area contributed by atoms with Crippen molar-refractivity contribution >= 4 is 12.0 Å². The second-order valence-electron chi connectivity index (χ2n) is 3.32. The average molecular weight is 212 g/mol. The van der Waals surface area contributed by atoms with E-state index in [0.29, 0.717) is 38.0 Å². The van der Waals surface area contributed by atoms with Gasteiger partial charge in [0.1, 0.15) is 0 Å². The Hall–Kier alpha value is -1.56. The highest BCUT2D eigenvalue weighted by Crippen LogP contribution is 2.19. The molecule has 0 unspecified atom stereocenters. The molecule has 1 aromatic heterocycles. The zero-order chi connectivity index (χ0) is 10.8. The van der Waals surface area contributed by atoms with Gasteiger partial charge in [0.15, 0.2) is 0 Å². The second-order valence-corrected chi connectivity index (χ2v) is 3.32. The Morgan fingerprint density at radius 1 is 1.47 bits per heavy atom. The van der Waals surface area contributed by atoms with Crippen LogP contribution >= 0.6 is 0 Å². The number of hydrogen-bond acceptors (Lipinski definition) is 5. The van der Waals surface area contributed by atoms with E-state index in [4.69, 9.17) is 14.3 Å². The molecule has 0 atom stereocenters. The monoisotopic (exact) mass is 212 g/mol. The summed E-state index contributed by atoms with van der Waals surface area (Å²) in [6.07, 6.45) is 0. The molecule has 2 heterocycles. The van der Waals surface area contributed by atoms with Gasteiger partial charge in [-0.1, -0.05) is 0 Å². The van der Waals surface area contributed by atoms with Gasteiger partial charge in [-0.3, -0.25) is 0 Å². The number of carbonyl (C=O) groups is 1. The molecule has 1 aliphatic rings. The second kappa shape index (κ2) is 3.90. The van der Waals surface area contributed by atoms with Crippen molar-refractivity contribution in [2.45, 2.75) is 6.92 Å². The largest absolute Gasteiger partial charge is 0.475 e. The number of ether oxygens (including phenoxy) is 1. The fraction of sp³-hybridized carbons (Fsp3) is 0.556. The normalized spacial score (nSPS) is 16.7. The maximum atomic E-state index is 10.7. The molecule has 82 valence electrons. The maximum absolute atomic E-state index is 10.7. The number of rotatable bonds is 2. The molecule has 6 heteroatoms. The van der Waals surface area contributed by atoms with Gasteiger partial charge in [-0.25, -0.2) is 4.79 Å². The lowest BCUT2D eigenvalue weighted by Crippen LogP contribution is -2.36. The molecule has 2 rings (SSSR count). The first-order valence-corrected chi connectivity index (χ1v) is 4.72. The van der Waals surface area contributed by atoms with Crippen LogP contribution < -0.4 is 4.90 Å². The van der Waals surface area contributed by atoms with Crippen LogP contribution in [0, 0.1) is 6.92 Å². The van der Waals surface area contributed by atoms with Gasteiger partial charge in [-0.2, -0.15) is 4.98 Å². The molecule has 1 fully saturated rings. The first-order valence-electron chi connectivity index (χ1n) is 4.72. The molecule has 1 N–H and O–H groups in total. The smallest absolute Gasteiger partial charge is 0.373 e. The van der Waals surface area contributed by atoms with E-state index in [-0.39, 0.29) is 5.76 Å². The minimum atomic E-state index is -1.08. The van der Waals surface area contributed by atoms with Gasteiger partial charge in [0.05, 0.1) is 18.9 Å². The van der Waals surface area contributed by atoms with Crippen molar-refractivity contribution in [1.82, 2.24) is 4.98 Å². The zero-order valence-electron chi connectivity index (χ0n) is 8.39. The van der Waals surface area contributed by atoms with Crippen molar-refractivity contribution in [2.24, 2.45) is 0 Å². The molecule has 1 saturated heterocycles. The third kappa shape index (κ3) is 1.94. The standard InChI is InChI=1S/C9H12N2O4/c1-6-7(8(12)13)15-9(10-6)11-2-4-14-5-3-11/h2-5H2,1H3,(H,12,13). The lowest BCUT2D eigenvalue weighted by molar-refractivity contribution is 0.0661. The van der Waals surface area contributed by atoms with Gasteiger partial charge in [0.25, 0.3) is 6.01 Å². The summed E-state index contributed by atoms with van der Waals surface area (Å²) < 4.78 is 10.4. The number of aryl methyl sites for hydroxylation is 1. The minimum absolute atomic E-state index is 0.0866. The summed E-state index contributed by atoms with van der Waals surface area (Å²) in [5.74, 6) is -1.17. The number of aromatic carboxylic acids is 1. The van der Waals surface area contributed by atoms with E-state index in [1.807, 2.05) is 4.90 Å². The Labute approximate surface area is 86.5 Å². The van der Waals surface area contributed by atoms with Crippen LogP contribution in [0.2, 0.25) is 0 Å². The number of nitrogens with zero attached hydrogens (tertiary/aromatic N) is 2. The van der Waals surface area contributed by atoms with E-state index >= 15 is 0 Å². The molecular weight excluding hydrogens is 200 g/mol. The van der Waals surface area contributed by atoms with Crippen LogP contribution in [0.1, 0.15) is 16.2 Å². The predicted molar refractivity (Wildman–Crippen MR) is 51.2 cm³/mol. The maximum Gasteiger partial charge on any atom is 0.373 e. The zero-order valence-corrected chi connectivity index (χ0v) is 8.39. The molecule has 6 nitrogen and oxygen atoms in total. The number of carboxylic acids is 1. The molecule has 0 radical (unpaired) electrons. The molecule has 0 bridgehead atoms. The number of anilines is 1. The van der Waals surface area contributed by atoms with Crippen LogP contribution in [0.4, 0.5) is 6.01 Å². The third-order valence-electron chi connectivity index (χ3n) is 2.26. The van der Waals surface area contributed by atoms with E-state index in [9.17, 15) is 4.79 Å². The summed E-state index contributed by atoms with van der Waals surface area (Å²) >= 11 is 0. The van der Waals surface area contributed by atoms with Crippen molar-refractivity contribution in [3.63, 3.8) is 0 Å². The SMILES string of the molecule is Cc1nc(N2CCOCC2)oc1C(=O)O. The number of oxazole rings is 1. The lowest BCUT2D eigenvalue weighted by atomic mass is 10.4. The van der Waals surface area contributed by atoms with Gasteiger partial charge in [-0.15, -0.1) is 0 Å². The first-order chi connectivity index (χ1) is 7.18.